The molecule has 0 spiro atoms. The number of nitrogens with zero attached hydrogens (tertiary/aromatic N) is 4. The molecule has 0 bridgehead atoms. The Morgan fingerprint density at radius 3 is 2.46 bits per heavy atom. The van der Waals surface area contributed by atoms with E-state index >= 15 is 0 Å². The quantitative estimate of drug-likeness (QED) is 0.388. The van der Waals surface area contributed by atoms with Crippen LogP contribution in [0.25, 0.3) is 11.0 Å². The Labute approximate surface area is 206 Å². The van der Waals surface area contributed by atoms with Crippen LogP contribution in [0.15, 0.2) is 60.8 Å². The van der Waals surface area contributed by atoms with Crippen LogP contribution in [0.4, 0.5) is 17.2 Å². The van der Waals surface area contributed by atoms with Crippen molar-refractivity contribution in [3.05, 3.63) is 72.2 Å². The van der Waals surface area contributed by atoms with Crippen LogP contribution < -0.4 is 15.5 Å². The van der Waals surface area contributed by atoms with Crippen molar-refractivity contribution >= 4 is 40.7 Å². The van der Waals surface area contributed by atoms with E-state index < -0.39 is 7.14 Å². The summed E-state index contributed by atoms with van der Waals surface area (Å²) in [6, 6.07) is 18.3. The molecule has 0 aliphatic carbocycles. The maximum Gasteiger partial charge on any atom is 0.158 e. The van der Waals surface area contributed by atoms with E-state index in [-0.39, 0.29) is 6.10 Å². The summed E-state index contributed by atoms with van der Waals surface area (Å²) < 4.78 is 14.9. The van der Waals surface area contributed by atoms with Crippen LogP contribution in [0, 0.1) is 0 Å². The smallest absolute Gasteiger partial charge is 0.158 e. The molecule has 1 fully saturated rings. The fourth-order valence-electron chi connectivity index (χ4n) is 4.72. The van der Waals surface area contributed by atoms with E-state index in [2.05, 4.69) is 34.5 Å². The number of aromatic nitrogens is 3. The van der Waals surface area contributed by atoms with Gasteiger partial charge in [0, 0.05) is 43.7 Å². The largest absolute Gasteiger partial charge is 0.393 e. The second-order valence-corrected chi connectivity index (χ2v) is 12.9. The summed E-state index contributed by atoms with van der Waals surface area (Å²) in [6.45, 7) is 5.33. The topological polar surface area (TPSA) is 83.3 Å². The fourth-order valence-corrected chi connectivity index (χ4v) is 5.87. The van der Waals surface area contributed by atoms with E-state index in [0.717, 1.165) is 59.3 Å². The number of fused-ring (bicyclic) bond motifs is 1. The van der Waals surface area contributed by atoms with Gasteiger partial charge in [0.2, 0.25) is 0 Å². The SMILES string of the molecule is Cn1ccc2nc(Cc3ccc(N4CCC(O)CC4)cc3)nc(Nc3ccccc3P(C)(C)=O)c21. The second-order valence-electron chi connectivity index (χ2n) is 9.70. The molecule has 2 aromatic heterocycles. The molecule has 35 heavy (non-hydrogen) atoms. The third kappa shape index (κ3) is 5.12. The van der Waals surface area contributed by atoms with E-state index in [1.165, 1.54) is 5.69 Å². The summed E-state index contributed by atoms with van der Waals surface area (Å²) in [4.78, 5) is 12.0. The summed E-state index contributed by atoms with van der Waals surface area (Å²) >= 11 is 0. The number of para-hydroxylation sites is 1. The van der Waals surface area contributed by atoms with E-state index in [1.54, 1.807) is 13.3 Å². The van der Waals surface area contributed by atoms with Gasteiger partial charge in [0.05, 0.1) is 17.3 Å². The van der Waals surface area contributed by atoms with Crippen LogP contribution in [-0.2, 0) is 18.0 Å². The molecule has 0 atom stereocenters. The molecule has 1 saturated heterocycles. The third-order valence-corrected chi connectivity index (χ3v) is 8.18. The van der Waals surface area contributed by atoms with Crippen LogP contribution in [0.1, 0.15) is 24.2 Å². The molecule has 7 nitrogen and oxygen atoms in total. The van der Waals surface area contributed by atoms with Gasteiger partial charge < -0.3 is 24.5 Å². The number of hydrogen-bond acceptors (Lipinski definition) is 6. The number of anilines is 3. The van der Waals surface area contributed by atoms with E-state index in [1.807, 2.05) is 48.1 Å². The van der Waals surface area contributed by atoms with Crippen LogP contribution in [0.5, 0.6) is 0 Å². The lowest BCUT2D eigenvalue weighted by molar-refractivity contribution is 0.145. The maximum absolute atomic E-state index is 12.9. The van der Waals surface area contributed by atoms with Gasteiger partial charge in [-0.15, -0.1) is 0 Å². The average Bonchev–Trinajstić information content (AvgIpc) is 3.20. The van der Waals surface area contributed by atoms with Crippen molar-refractivity contribution < 1.29 is 9.67 Å². The number of aliphatic hydroxyl groups is 1. The van der Waals surface area contributed by atoms with Crippen molar-refractivity contribution in [2.75, 3.05) is 36.6 Å². The summed E-state index contributed by atoms with van der Waals surface area (Å²) in [5.74, 6) is 1.44. The van der Waals surface area contributed by atoms with E-state index in [0.29, 0.717) is 12.2 Å². The van der Waals surface area contributed by atoms with Crippen LogP contribution in [0.3, 0.4) is 0 Å². The highest BCUT2D eigenvalue weighted by Gasteiger charge is 2.19. The Balaban J connectivity index is 1.43. The lowest BCUT2D eigenvalue weighted by atomic mass is 10.1. The molecule has 3 heterocycles. The molecule has 1 aliphatic rings. The predicted octanol–water partition coefficient (Wildman–Crippen LogP) is 4.51. The first-order chi connectivity index (χ1) is 16.8. The van der Waals surface area contributed by atoms with Crippen LogP contribution in [-0.4, -0.2) is 52.2 Å². The Morgan fingerprint density at radius 1 is 1.03 bits per heavy atom. The first kappa shape index (κ1) is 23.6. The van der Waals surface area contributed by atoms with Gasteiger partial charge >= 0.3 is 0 Å². The lowest BCUT2D eigenvalue weighted by Gasteiger charge is -2.31. The van der Waals surface area contributed by atoms with Gasteiger partial charge in [-0.1, -0.05) is 24.3 Å². The third-order valence-electron chi connectivity index (χ3n) is 6.63. The van der Waals surface area contributed by atoms with Gasteiger partial charge in [-0.3, -0.25) is 0 Å². The zero-order valence-corrected chi connectivity index (χ0v) is 21.4. The summed E-state index contributed by atoms with van der Waals surface area (Å²) in [7, 11) is -0.490. The first-order valence-corrected chi connectivity index (χ1v) is 14.6. The number of hydrogen-bond donors (Lipinski definition) is 2. The normalized spacial score (nSPS) is 15.0. The fraction of sp³-hybridized carbons (Fsp3) is 0.333. The number of piperidine rings is 1. The zero-order valence-electron chi connectivity index (χ0n) is 20.5. The van der Waals surface area contributed by atoms with Crippen molar-refractivity contribution in [3.63, 3.8) is 0 Å². The second kappa shape index (κ2) is 9.48. The Kier molecular flexibility index (Phi) is 6.39. The monoisotopic (exact) mass is 489 g/mol. The highest BCUT2D eigenvalue weighted by molar-refractivity contribution is 7.70. The predicted molar refractivity (Wildman–Crippen MR) is 144 cm³/mol. The van der Waals surface area contributed by atoms with Crippen LogP contribution >= 0.6 is 7.14 Å². The molecule has 0 amide bonds. The van der Waals surface area contributed by atoms with Crippen LogP contribution in [0.2, 0.25) is 0 Å². The maximum atomic E-state index is 12.9. The highest BCUT2D eigenvalue weighted by Crippen LogP contribution is 2.38. The highest BCUT2D eigenvalue weighted by atomic mass is 31.2. The molecular weight excluding hydrogens is 457 g/mol. The van der Waals surface area contributed by atoms with Gasteiger partial charge in [0.15, 0.2) is 5.82 Å². The van der Waals surface area contributed by atoms with Gasteiger partial charge in [0.25, 0.3) is 0 Å². The molecule has 5 rings (SSSR count). The van der Waals surface area contributed by atoms with Crippen molar-refractivity contribution in [2.24, 2.45) is 7.05 Å². The molecule has 4 aromatic rings. The first-order valence-electron chi connectivity index (χ1n) is 12.0. The number of aliphatic hydroxyl groups excluding tert-OH is 1. The standard InChI is InChI=1S/C27H32N5O2P/c1-31-15-14-23-26(31)27(29-22-6-4-5-7-24(22)35(2,3)34)30-25(28-23)18-19-8-10-20(11-9-19)32-16-12-21(33)13-17-32/h4-11,14-15,21,33H,12-13,16-18H2,1-3H3,(H,28,29,30). The Morgan fingerprint density at radius 2 is 1.74 bits per heavy atom. The summed E-state index contributed by atoms with van der Waals surface area (Å²) in [5.41, 5.74) is 4.91. The molecule has 182 valence electrons. The molecule has 1 aliphatic heterocycles. The van der Waals surface area contributed by atoms with E-state index in [4.69, 9.17) is 9.97 Å². The zero-order chi connectivity index (χ0) is 24.6. The van der Waals surface area contributed by atoms with Gasteiger partial charge in [-0.2, -0.15) is 0 Å². The van der Waals surface area contributed by atoms with Crippen molar-refractivity contribution in [3.8, 4) is 0 Å². The minimum atomic E-state index is -2.47. The lowest BCUT2D eigenvalue weighted by Crippen LogP contribution is -2.35. The number of rotatable bonds is 6. The molecule has 0 saturated carbocycles. The molecule has 0 unspecified atom stereocenters. The minimum Gasteiger partial charge on any atom is -0.393 e. The molecule has 2 aromatic carbocycles. The molecule has 0 radical (unpaired) electrons. The summed E-state index contributed by atoms with van der Waals surface area (Å²) in [5, 5.41) is 14.0. The van der Waals surface area contributed by atoms with E-state index in [9.17, 15) is 9.67 Å². The number of aryl methyl sites for hydroxylation is 1. The number of nitrogens with one attached hydrogen (secondary N) is 1. The van der Waals surface area contributed by atoms with Crippen molar-refractivity contribution in [1.82, 2.24) is 14.5 Å². The Bertz CT molecular complexity index is 1380. The Hall–Kier alpha value is -3.15. The van der Waals surface area contributed by atoms with Gasteiger partial charge in [-0.25, -0.2) is 9.97 Å². The molecule has 2 N–H and O–H groups in total. The minimum absolute atomic E-state index is 0.174. The van der Waals surface area contributed by atoms with Gasteiger partial charge in [-0.05, 0) is 62.1 Å². The number of benzene rings is 2. The van der Waals surface area contributed by atoms with Gasteiger partial charge in [0.1, 0.15) is 18.5 Å². The van der Waals surface area contributed by atoms with Crippen molar-refractivity contribution in [2.45, 2.75) is 25.4 Å². The molecule has 8 heteroatoms. The average molecular weight is 490 g/mol. The molecular formula is C27H32N5O2P. The van der Waals surface area contributed by atoms with Crippen molar-refractivity contribution in [1.29, 1.82) is 0 Å². The summed E-state index contributed by atoms with van der Waals surface area (Å²) in [6.07, 6.45) is 4.05.